The highest BCUT2D eigenvalue weighted by Crippen LogP contribution is 2.35. The molecule has 2 aromatic heterocycles. The van der Waals surface area contributed by atoms with Crippen molar-refractivity contribution in [3.05, 3.63) is 70.2 Å². The van der Waals surface area contributed by atoms with Crippen LogP contribution in [-0.2, 0) is 20.0 Å². The van der Waals surface area contributed by atoms with Gasteiger partial charge in [-0.1, -0.05) is 29.3 Å². The number of fused-ring (bicyclic) bond motifs is 1. The van der Waals surface area contributed by atoms with Crippen LogP contribution in [0.4, 0.5) is 11.4 Å². The summed E-state index contributed by atoms with van der Waals surface area (Å²) >= 11 is 13.1. The van der Waals surface area contributed by atoms with Gasteiger partial charge < -0.3 is 4.42 Å². The highest BCUT2D eigenvalue weighted by molar-refractivity contribution is 7.94. The largest absolute Gasteiger partial charge is 0.464 e. The number of hydrogen-bond acceptors (Lipinski definition) is 6. The van der Waals surface area contributed by atoms with E-state index in [1.54, 1.807) is 17.5 Å². The molecule has 0 radical (unpaired) electrons. The third kappa shape index (κ3) is 4.14. The van der Waals surface area contributed by atoms with Crippen LogP contribution in [0.2, 0.25) is 10.0 Å². The number of benzene rings is 2. The maximum atomic E-state index is 12.9. The molecule has 0 aliphatic heterocycles. The lowest BCUT2D eigenvalue weighted by Gasteiger charge is -2.15. The number of hydrogen-bond donors (Lipinski definition) is 2. The Labute approximate surface area is 186 Å². The van der Waals surface area contributed by atoms with Crippen molar-refractivity contribution in [1.82, 2.24) is 0 Å². The second-order valence-electron chi connectivity index (χ2n) is 6.08. The number of furan rings is 1. The molecule has 0 amide bonds. The zero-order chi connectivity index (χ0) is 21.5. The molecule has 4 aromatic rings. The quantitative estimate of drug-likeness (QED) is 0.367. The summed E-state index contributed by atoms with van der Waals surface area (Å²) in [7, 11) is -8.01. The molecule has 0 fully saturated rings. The van der Waals surface area contributed by atoms with E-state index < -0.39 is 20.0 Å². The van der Waals surface area contributed by atoms with Crippen molar-refractivity contribution >= 4 is 76.9 Å². The van der Waals surface area contributed by atoms with Crippen LogP contribution in [0, 0.1) is 0 Å². The van der Waals surface area contributed by atoms with Gasteiger partial charge in [0.15, 0.2) is 0 Å². The summed E-state index contributed by atoms with van der Waals surface area (Å²) in [6.07, 6.45) is 1.45. The average molecular weight is 503 g/mol. The van der Waals surface area contributed by atoms with E-state index in [0.29, 0.717) is 11.0 Å². The van der Waals surface area contributed by atoms with E-state index in [1.807, 2.05) is 0 Å². The Morgan fingerprint density at radius 1 is 0.833 bits per heavy atom. The molecule has 30 heavy (non-hydrogen) atoms. The van der Waals surface area contributed by atoms with Gasteiger partial charge in [0.05, 0.1) is 32.6 Å². The van der Waals surface area contributed by atoms with Gasteiger partial charge in [0.25, 0.3) is 20.0 Å². The van der Waals surface area contributed by atoms with E-state index in [1.165, 1.54) is 42.7 Å². The van der Waals surface area contributed by atoms with Crippen LogP contribution in [0.15, 0.2) is 73.7 Å². The Hall–Kier alpha value is -2.24. The molecule has 0 saturated heterocycles. The van der Waals surface area contributed by atoms with Crippen LogP contribution in [0.5, 0.6) is 0 Å². The fraction of sp³-hybridized carbons (Fsp3) is 0. The second kappa shape index (κ2) is 7.78. The van der Waals surface area contributed by atoms with E-state index in [2.05, 4.69) is 9.44 Å². The van der Waals surface area contributed by atoms with Gasteiger partial charge in [-0.3, -0.25) is 9.44 Å². The maximum absolute atomic E-state index is 12.9. The Kier molecular flexibility index (Phi) is 5.45. The highest BCUT2D eigenvalue weighted by Gasteiger charge is 2.22. The standard InChI is InChI=1S/C18H12Cl2N2O5S3/c19-13-9-15(16(10-14(13)20)22-30(25,26)18-2-1-7-28-18)21-29(23,24)12-3-4-17-11(8-12)5-6-27-17/h1-10,21-22H. The predicted molar refractivity (Wildman–Crippen MR) is 119 cm³/mol. The minimum Gasteiger partial charge on any atom is -0.464 e. The number of rotatable bonds is 6. The Morgan fingerprint density at radius 3 is 2.13 bits per heavy atom. The lowest BCUT2D eigenvalue weighted by atomic mass is 10.3. The van der Waals surface area contributed by atoms with Crippen molar-refractivity contribution in [3.63, 3.8) is 0 Å². The minimum atomic E-state index is -4.07. The fourth-order valence-corrected chi connectivity index (χ4v) is 6.14. The molecule has 2 heterocycles. The smallest absolute Gasteiger partial charge is 0.271 e. The normalized spacial score (nSPS) is 12.2. The SMILES string of the molecule is O=S(=O)(Nc1cc(Cl)c(Cl)cc1NS(=O)(=O)c1cccs1)c1ccc2occc2c1. The first-order chi connectivity index (χ1) is 14.2. The van der Waals surface area contributed by atoms with Crippen LogP contribution < -0.4 is 9.44 Å². The van der Waals surface area contributed by atoms with Crippen molar-refractivity contribution in [1.29, 1.82) is 0 Å². The van der Waals surface area contributed by atoms with Crippen molar-refractivity contribution in [2.24, 2.45) is 0 Å². The second-order valence-corrected chi connectivity index (χ2v) is 11.4. The zero-order valence-electron chi connectivity index (χ0n) is 14.8. The van der Waals surface area contributed by atoms with Gasteiger partial charge in [-0.25, -0.2) is 16.8 Å². The van der Waals surface area contributed by atoms with Crippen molar-refractivity contribution in [2.45, 2.75) is 9.10 Å². The average Bonchev–Trinajstić information content (AvgIpc) is 3.36. The van der Waals surface area contributed by atoms with Gasteiger partial charge in [-0.15, -0.1) is 11.3 Å². The van der Waals surface area contributed by atoms with Crippen molar-refractivity contribution in [3.8, 4) is 0 Å². The van der Waals surface area contributed by atoms with Crippen molar-refractivity contribution < 1.29 is 21.3 Å². The zero-order valence-corrected chi connectivity index (χ0v) is 18.8. The molecule has 0 aliphatic rings. The Morgan fingerprint density at radius 2 is 1.50 bits per heavy atom. The molecule has 2 aromatic carbocycles. The van der Waals surface area contributed by atoms with Gasteiger partial charge in [0.1, 0.15) is 9.79 Å². The third-order valence-electron chi connectivity index (χ3n) is 4.04. The maximum Gasteiger partial charge on any atom is 0.271 e. The number of nitrogens with one attached hydrogen (secondary N) is 2. The fourth-order valence-electron chi connectivity index (χ4n) is 2.64. The first-order valence-electron chi connectivity index (χ1n) is 8.21. The van der Waals surface area contributed by atoms with Crippen LogP contribution in [0.1, 0.15) is 0 Å². The summed E-state index contributed by atoms with van der Waals surface area (Å²) in [5.41, 5.74) is 0.399. The molecule has 156 valence electrons. The Balaban J connectivity index is 1.73. The van der Waals surface area contributed by atoms with E-state index in [9.17, 15) is 16.8 Å². The van der Waals surface area contributed by atoms with Crippen LogP contribution >= 0.6 is 34.5 Å². The number of anilines is 2. The van der Waals surface area contributed by atoms with Gasteiger partial charge in [-0.2, -0.15) is 0 Å². The molecule has 0 bridgehead atoms. The summed E-state index contributed by atoms with van der Waals surface area (Å²) in [4.78, 5) is -0.0328. The number of sulfonamides is 2. The van der Waals surface area contributed by atoms with Gasteiger partial charge in [0.2, 0.25) is 0 Å². The minimum absolute atomic E-state index is 0.0328. The number of thiophene rings is 1. The first kappa shape index (κ1) is 21.0. The number of halogens is 2. The van der Waals surface area contributed by atoms with Gasteiger partial charge in [-0.05, 0) is 47.8 Å². The summed E-state index contributed by atoms with van der Waals surface area (Å²) in [6.45, 7) is 0. The van der Waals surface area contributed by atoms with Crippen molar-refractivity contribution in [2.75, 3.05) is 9.44 Å². The van der Waals surface area contributed by atoms with Crippen LogP contribution in [0.25, 0.3) is 11.0 Å². The first-order valence-corrected chi connectivity index (χ1v) is 12.8. The summed E-state index contributed by atoms with van der Waals surface area (Å²) in [5, 5.41) is 2.33. The lowest BCUT2D eigenvalue weighted by molar-refractivity contribution is 0.599. The molecular weight excluding hydrogens is 491 g/mol. The predicted octanol–water partition coefficient (Wildman–Crippen LogP) is 5.40. The molecule has 12 heteroatoms. The molecule has 0 unspecified atom stereocenters. The summed E-state index contributed by atoms with van der Waals surface area (Å²) in [5.74, 6) is 0. The summed E-state index contributed by atoms with van der Waals surface area (Å²) in [6, 6.07) is 11.5. The van der Waals surface area contributed by atoms with Crippen LogP contribution in [0.3, 0.4) is 0 Å². The van der Waals surface area contributed by atoms with E-state index in [-0.39, 0.29) is 30.5 Å². The molecule has 0 saturated carbocycles. The van der Waals surface area contributed by atoms with E-state index in [0.717, 1.165) is 11.3 Å². The highest BCUT2D eigenvalue weighted by atomic mass is 35.5. The Bertz CT molecular complexity index is 1450. The third-order valence-corrected chi connectivity index (χ3v) is 8.89. The topological polar surface area (TPSA) is 105 Å². The summed E-state index contributed by atoms with van der Waals surface area (Å²) < 4.78 is 61.0. The van der Waals surface area contributed by atoms with Gasteiger partial charge in [0, 0.05) is 5.39 Å². The van der Waals surface area contributed by atoms with Gasteiger partial charge >= 0.3 is 0 Å². The van der Waals surface area contributed by atoms with E-state index >= 15 is 0 Å². The molecule has 0 aliphatic carbocycles. The molecular formula is C18H12Cl2N2O5S3. The molecule has 0 atom stereocenters. The molecule has 2 N–H and O–H groups in total. The van der Waals surface area contributed by atoms with Crippen LogP contribution in [-0.4, -0.2) is 16.8 Å². The van der Waals surface area contributed by atoms with E-state index in [4.69, 9.17) is 27.6 Å². The molecule has 7 nitrogen and oxygen atoms in total. The molecule has 0 spiro atoms. The lowest BCUT2D eigenvalue weighted by Crippen LogP contribution is -2.17. The monoisotopic (exact) mass is 502 g/mol. The molecule has 4 rings (SSSR count).